The second-order valence-corrected chi connectivity index (χ2v) is 3.71. The summed E-state index contributed by atoms with van der Waals surface area (Å²) in [7, 11) is 0. The summed E-state index contributed by atoms with van der Waals surface area (Å²) in [5.41, 5.74) is 1.72. The zero-order chi connectivity index (χ0) is 7.52. The van der Waals surface area contributed by atoms with E-state index in [0.29, 0.717) is 0 Å². The highest BCUT2D eigenvalue weighted by Crippen LogP contribution is 2.28. The van der Waals surface area contributed by atoms with E-state index in [9.17, 15) is 0 Å². The van der Waals surface area contributed by atoms with Crippen LogP contribution in [0.5, 0.6) is 0 Å². The maximum atomic E-state index is 2.48. The molecule has 2 rings (SSSR count). The van der Waals surface area contributed by atoms with E-state index < -0.39 is 0 Å². The van der Waals surface area contributed by atoms with Gasteiger partial charge in [0.2, 0.25) is 0 Å². The molecule has 0 aliphatic heterocycles. The molecular formula is C11H16. The SMILES string of the molecule is C1=CC2CCC=C(CC1)CC2. The van der Waals surface area contributed by atoms with Gasteiger partial charge in [-0.15, -0.1) is 0 Å². The molecule has 2 aliphatic rings. The van der Waals surface area contributed by atoms with Gasteiger partial charge < -0.3 is 0 Å². The molecule has 0 radical (unpaired) electrons. The lowest BCUT2D eigenvalue weighted by atomic mass is 9.95. The first kappa shape index (κ1) is 7.15. The minimum Gasteiger partial charge on any atom is -0.0879 e. The molecule has 2 aliphatic carbocycles. The van der Waals surface area contributed by atoms with Crippen LogP contribution in [-0.4, -0.2) is 0 Å². The standard InChI is InChI=1S/C11H16/c1-2-5-11-7-3-6-10(4-1)8-9-11/h1,4,7,10H,2-3,5-6,8-9H2. The van der Waals surface area contributed by atoms with E-state index in [2.05, 4.69) is 18.2 Å². The van der Waals surface area contributed by atoms with Crippen molar-refractivity contribution in [2.24, 2.45) is 5.92 Å². The molecule has 2 bridgehead atoms. The zero-order valence-electron chi connectivity index (χ0n) is 7.05. The van der Waals surface area contributed by atoms with Gasteiger partial charge in [-0.25, -0.2) is 0 Å². The number of hydrogen-bond acceptors (Lipinski definition) is 0. The Balaban J connectivity index is 2.16. The molecule has 1 unspecified atom stereocenters. The predicted octanol–water partition coefficient (Wildman–Crippen LogP) is 3.45. The summed E-state index contributed by atoms with van der Waals surface area (Å²) < 4.78 is 0. The van der Waals surface area contributed by atoms with Crippen LogP contribution in [0.4, 0.5) is 0 Å². The Labute approximate surface area is 69.0 Å². The van der Waals surface area contributed by atoms with E-state index >= 15 is 0 Å². The van der Waals surface area contributed by atoms with Gasteiger partial charge in [-0.1, -0.05) is 23.8 Å². The van der Waals surface area contributed by atoms with Crippen molar-refractivity contribution >= 4 is 0 Å². The lowest BCUT2D eigenvalue weighted by Crippen LogP contribution is -1.96. The summed E-state index contributed by atoms with van der Waals surface area (Å²) in [6, 6.07) is 0. The largest absolute Gasteiger partial charge is 0.0879 e. The van der Waals surface area contributed by atoms with Crippen LogP contribution in [0.1, 0.15) is 38.5 Å². The molecule has 0 aromatic heterocycles. The summed E-state index contributed by atoms with van der Waals surface area (Å²) >= 11 is 0. The average Bonchev–Trinajstić information content (AvgIpc) is 2.11. The molecule has 0 saturated carbocycles. The fourth-order valence-electron chi connectivity index (χ4n) is 2.10. The van der Waals surface area contributed by atoms with Crippen LogP contribution >= 0.6 is 0 Å². The molecule has 0 fully saturated rings. The summed E-state index contributed by atoms with van der Waals surface area (Å²) in [6.07, 6.45) is 15.4. The summed E-state index contributed by atoms with van der Waals surface area (Å²) in [4.78, 5) is 0. The third kappa shape index (κ3) is 1.74. The van der Waals surface area contributed by atoms with Crippen molar-refractivity contribution < 1.29 is 0 Å². The molecule has 1 atom stereocenters. The smallest absolute Gasteiger partial charge is 0.0228 e. The lowest BCUT2D eigenvalue weighted by molar-refractivity contribution is 0.555. The van der Waals surface area contributed by atoms with Gasteiger partial charge in [-0.2, -0.15) is 0 Å². The molecule has 11 heavy (non-hydrogen) atoms. The molecule has 0 saturated heterocycles. The molecule has 0 nitrogen and oxygen atoms in total. The highest BCUT2D eigenvalue weighted by molar-refractivity contribution is 5.09. The van der Waals surface area contributed by atoms with Crippen molar-refractivity contribution in [3.05, 3.63) is 23.8 Å². The van der Waals surface area contributed by atoms with Gasteiger partial charge in [0.1, 0.15) is 0 Å². The Kier molecular flexibility index (Phi) is 2.11. The quantitative estimate of drug-likeness (QED) is 0.461. The molecule has 0 aromatic rings. The molecule has 0 heterocycles. The van der Waals surface area contributed by atoms with Gasteiger partial charge >= 0.3 is 0 Å². The zero-order valence-corrected chi connectivity index (χ0v) is 7.05. The van der Waals surface area contributed by atoms with E-state index in [-0.39, 0.29) is 0 Å². The van der Waals surface area contributed by atoms with Crippen molar-refractivity contribution in [3.63, 3.8) is 0 Å². The number of fused-ring (bicyclic) bond motifs is 3. The molecule has 0 N–H and O–H groups in total. The highest BCUT2D eigenvalue weighted by Gasteiger charge is 2.11. The average molecular weight is 148 g/mol. The molecule has 60 valence electrons. The van der Waals surface area contributed by atoms with Gasteiger partial charge in [0.05, 0.1) is 0 Å². The van der Waals surface area contributed by atoms with Crippen LogP contribution in [-0.2, 0) is 0 Å². The van der Waals surface area contributed by atoms with E-state index in [1.54, 1.807) is 5.57 Å². The van der Waals surface area contributed by atoms with E-state index in [1.165, 1.54) is 38.5 Å². The van der Waals surface area contributed by atoms with Crippen molar-refractivity contribution in [1.29, 1.82) is 0 Å². The van der Waals surface area contributed by atoms with Gasteiger partial charge in [-0.3, -0.25) is 0 Å². The highest BCUT2D eigenvalue weighted by atomic mass is 14.2. The Morgan fingerprint density at radius 3 is 3.09 bits per heavy atom. The predicted molar refractivity (Wildman–Crippen MR) is 48.4 cm³/mol. The number of allylic oxidation sites excluding steroid dienone is 4. The van der Waals surface area contributed by atoms with Crippen molar-refractivity contribution in [2.75, 3.05) is 0 Å². The Hall–Kier alpha value is -0.520. The normalized spacial score (nSPS) is 30.5. The third-order valence-corrected chi connectivity index (χ3v) is 2.85. The van der Waals surface area contributed by atoms with Crippen LogP contribution in [0, 0.1) is 5.92 Å². The minimum atomic E-state index is 0.893. The first-order valence-corrected chi connectivity index (χ1v) is 4.80. The fraction of sp³-hybridized carbons (Fsp3) is 0.636. The van der Waals surface area contributed by atoms with Crippen LogP contribution in [0.2, 0.25) is 0 Å². The first-order valence-electron chi connectivity index (χ1n) is 4.80. The summed E-state index contributed by atoms with van der Waals surface area (Å²) in [5.74, 6) is 0.893. The van der Waals surface area contributed by atoms with Gasteiger partial charge in [-0.05, 0) is 44.4 Å². The van der Waals surface area contributed by atoms with Crippen molar-refractivity contribution in [3.8, 4) is 0 Å². The molecule has 0 heteroatoms. The second kappa shape index (κ2) is 3.25. The van der Waals surface area contributed by atoms with Gasteiger partial charge in [0, 0.05) is 0 Å². The molecule has 0 aromatic carbocycles. The van der Waals surface area contributed by atoms with Crippen LogP contribution in [0.3, 0.4) is 0 Å². The van der Waals surface area contributed by atoms with Crippen LogP contribution in [0.25, 0.3) is 0 Å². The Morgan fingerprint density at radius 2 is 2.09 bits per heavy atom. The second-order valence-electron chi connectivity index (χ2n) is 3.71. The van der Waals surface area contributed by atoms with Crippen LogP contribution < -0.4 is 0 Å². The monoisotopic (exact) mass is 148 g/mol. The number of hydrogen-bond donors (Lipinski definition) is 0. The van der Waals surface area contributed by atoms with E-state index in [1.807, 2.05) is 0 Å². The maximum absolute atomic E-state index is 2.48. The Bertz CT molecular complexity index is 186. The summed E-state index contributed by atoms with van der Waals surface area (Å²) in [6.45, 7) is 0. The van der Waals surface area contributed by atoms with Gasteiger partial charge in [0.15, 0.2) is 0 Å². The minimum absolute atomic E-state index is 0.893. The number of rotatable bonds is 0. The lowest BCUT2D eigenvalue weighted by Gasteiger charge is -2.11. The topological polar surface area (TPSA) is 0 Å². The van der Waals surface area contributed by atoms with Crippen molar-refractivity contribution in [2.45, 2.75) is 38.5 Å². The Morgan fingerprint density at radius 1 is 1.09 bits per heavy atom. The van der Waals surface area contributed by atoms with Gasteiger partial charge in [0.25, 0.3) is 0 Å². The molecular weight excluding hydrogens is 132 g/mol. The van der Waals surface area contributed by atoms with E-state index in [0.717, 1.165) is 5.92 Å². The van der Waals surface area contributed by atoms with Crippen LogP contribution in [0.15, 0.2) is 23.8 Å². The van der Waals surface area contributed by atoms with E-state index in [4.69, 9.17) is 0 Å². The van der Waals surface area contributed by atoms with Crippen molar-refractivity contribution in [1.82, 2.24) is 0 Å². The molecule has 0 amide bonds. The summed E-state index contributed by atoms with van der Waals surface area (Å²) in [5, 5.41) is 0. The molecule has 0 spiro atoms. The fourth-order valence-corrected chi connectivity index (χ4v) is 2.10. The third-order valence-electron chi connectivity index (χ3n) is 2.85. The maximum Gasteiger partial charge on any atom is -0.0228 e. The first-order chi connectivity index (χ1) is 5.45.